The van der Waals surface area contributed by atoms with Crippen molar-refractivity contribution in [3.63, 3.8) is 0 Å². The normalized spacial score (nSPS) is 14.5. The van der Waals surface area contributed by atoms with E-state index < -0.39 is 16.3 Å². The summed E-state index contributed by atoms with van der Waals surface area (Å²) in [5, 5.41) is 7.16. The largest absolute Gasteiger partial charge is 0.386 e. The van der Waals surface area contributed by atoms with Crippen molar-refractivity contribution >= 4 is 16.0 Å². The average molecular weight is 208 g/mol. The van der Waals surface area contributed by atoms with E-state index in [-0.39, 0.29) is 11.8 Å². The van der Waals surface area contributed by atoms with Gasteiger partial charge in [-0.1, -0.05) is 13.8 Å². The molecule has 0 bridgehead atoms. The fraction of sp³-hybridized carbons (Fsp3) is 0.833. The van der Waals surface area contributed by atoms with Crippen LogP contribution in [0.4, 0.5) is 0 Å². The maximum atomic E-state index is 11.0. The molecule has 0 saturated heterocycles. The average Bonchev–Trinajstić information content (AvgIpc) is 1.99. The van der Waals surface area contributed by atoms with E-state index in [0.717, 1.165) is 0 Å². The van der Waals surface area contributed by atoms with Gasteiger partial charge in [-0.05, 0) is 5.92 Å². The van der Waals surface area contributed by atoms with E-state index in [0.29, 0.717) is 0 Å². The van der Waals surface area contributed by atoms with Crippen molar-refractivity contribution in [2.75, 3.05) is 7.05 Å². The second-order valence-electron chi connectivity index (χ2n) is 3.00. The molecule has 0 fully saturated rings. The molecule has 0 aliphatic rings. The van der Waals surface area contributed by atoms with Crippen LogP contribution in [0.3, 0.4) is 0 Å². The van der Waals surface area contributed by atoms with Crippen LogP contribution in [0.25, 0.3) is 0 Å². The van der Waals surface area contributed by atoms with E-state index in [1.807, 2.05) is 0 Å². The number of rotatable bonds is 5. The zero-order chi connectivity index (χ0) is 10.6. The topological polar surface area (TPSA) is 108 Å². The van der Waals surface area contributed by atoms with Gasteiger partial charge in [-0.15, -0.1) is 0 Å². The van der Waals surface area contributed by atoms with Gasteiger partial charge in [0.25, 0.3) is 10.2 Å². The molecule has 1 atom stereocenters. The monoisotopic (exact) mass is 208 g/mol. The molecule has 0 heterocycles. The first-order valence-electron chi connectivity index (χ1n) is 3.85. The van der Waals surface area contributed by atoms with Crippen molar-refractivity contribution in [1.82, 2.24) is 9.44 Å². The van der Waals surface area contributed by atoms with Crippen LogP contribution in [-0.2, 0) is 10.2 Å². The van der Waals surface area contributed by atoms with E-state index in [1.165, 1.54) is 7.05 Å². The second kappa shape index (κ2) is 4.54. The van der Waals surface area contributed by atoms with Gasteiger partial charge in [-0.25, -0.2) is 4.72 Å². The van der Waals surface area contributed by atoms with Gasteiger partial charge in [0.05, 0.1) is 6.04 Å². The Labute approximate surface area is 78.6 Å². The summed E-state index contributed by atoms with van der Waals surface area (Å²) in [6.07, 6.45) is 0. The molecule has 6 nitrogen and oxygen atoms in total. The molecule has 0 aromatic rings. The predicted molar refractivity (Wildman–Crippen MR) is 51.7 cm³/mol. The Morgan fingerprint density at radius 2 is 1.92 bits per heavy atom. The maximum absolute atomic E-state index is 11.0. The summed E-state index contributed by atoms with van der Waals surface area (Å²) in [4.78, 5) is 0. The first-order valence-corrected chi connectivity index (χ1v) is 5.33. The zero-order valence-electron chi connectivity index (χ0n) is 7.96. The van der Waals surface area contributed by atoms with Gasteiger partial charge >= 0.3 is 0 Å². The highest BCUT2D eigenvalue weighted by atomic mass is 32.2. The summed E-state index contributed by atoms with van der Waals surface area (Å²) in [7, 11) is -2.24. The lowest BCUT2D eigenvalue weighted by Crippen LogP contribution is -2.50. The predicted octanol–water partition coefficient (Wildman–Crippen LogP) is -0.999. The molecular formula is C6H16N4O2S. The van der Waals surface area contributed by atoms with E-state index in [4.69, 9.17) is 11.1 Å². The van der Waals surface area contributed by atoms with Crippen LogP contribution in [-0.4, -0.2) is 27.3 Å². The van der Waals surface area contributed by atoms with Crippen molar-refractivity contribution in [2.24, 2.45) is 11.7 Å². The molecule has 0 spiro atoms. The molecule has 0 aliphatic heterocycles. The number of hydrogen-bond donors (Lipinski definition) is 4. The molecule has 0 rings (SSSR count). The van der Waals surface area contributed by atoms with Gasteiger partial charge < -0.3 is 5.73 Å². The van der Waals surface area contributed by atoms with Crippen molar-refractivity contribution < 1.29 is 8.42 Å². The molecule has 0 radical (unpaired) electrons. The number of nitrogens with one attached hydrogen (secondary N) is 3. The lowest BCUT2D eigenvalue weighted by atomic mass is 10.1. The highest BCUT2D eigenvalue weighted by Gasteiger charge is 2.21. The first-order chi connectivity index (χ1) is 5.80. The summed E-state index contributed by atoms with van der Waals surface area (Å²) in [5.74, 6) is -0.241. The third-order valence-corrected chi connectivity index (χ3v) is 2.65. The Hall–Kier alpha value is -0.660. The maximum Gasteiger partial charge on any atom is 0.277 e. The lowest BCUT2D eigenvalue weighted by Gasteiger charge is -2.20. The standard InChI is InChI=1S/C6H16N4O2S/c1-4(2)5(6(7)8)10-13(11,12)9-3/h4-5,9-10H,1-3H3,(H3,7,8). The van der Waals surface area contributed by atoms with E-state index >= 15 is 0 Å². The van der Waals surface area contributed by atoms with Crippen LogP contribution in [0.1, 0.15) is 13.8 Å². The molecular weight excluding hydrogens is 192 g/mol. The van der Waals surface area contributed by atoms with Gasteiger partial charge in [0.2, 0.25) is 0 Å². The summed E-state index contributed by atoms with van der Waals surface area (Å²) in [6, 6.07) is -0.655. The highest BCUT2D eigenvalue weighted by Crippen LogP contribution is 2.01. The molecule has 78 valence electrons. The summed E-state index contributed by atoms with van der Waals surface area (Å²) < 4.78 is 26.4. The number of amidine groups is 1. The molecule has 5 N–H and O–H groups in total. The molecule has 0 aromatic carbocycles. The SMILES string of the molecule is CNS(=O)(=O)NC(C(=N)N)C(C)C. The minimum Gasteiger partial charge on any atom is -0.386 e. The van der Waals surface area contributed by atoms with Gasteiger partial charge in [0.1, 0.15) is 5.84 Å². The van der Waals surface area contributed by atoms with E-state index in [1.54, 1.807) is 13.8 Å². The zero-order valence-corrected chi connectivity index (χ0v) is 8.77. The lowest BCUT2D eigenvalue weighted by molar-refractivity contribution is 0.517. The number of nitrogens with two attached hydrogens (primary N) is 1. The van der Waals surface area contributed by atoms with Gasteiger partial charge in [-0.3, -0.25) is 5.41 Å². The Bertz CT molecular complexity index is 272. The van der Waals surface area contributed by atoms with Crippen LogP contribution < -0.4 is 15.2 Å². The molecule has 0 amide bonds. The summed E-state index contributed by atoms with van der Waals surface area (Å²) in [5.41, 5.74) is 5.23. The Morgan fingerprint density at radius 1 is 1.46 bits per heavy atom. The molecule has 7 heteroatoms. The second-order valence-corrected chi connectivity index (χ2v) is 4.65. The summed E-state index contributed by atoms with van der Waals surface area (Å²) in [6.45, 7) is 3.56. The Balaban J connectivity index is 4.54. The molecule has 0 aromatic heterocycles. The fourth-order valence-electron chi connectivity index (χ4n) is 0.785. The Morgan fingerprint density at radius 3 is 2.15 bits per heavy atom. The quantitative estimate of drug-likeness (QED) is 0.344. The van der Waals surface area contributed by atoms with Crippen molar-refractivity contribution in [1.29, 1.82) is 5.41 Å². The van der Waals surface area contributed by atoms with Crippen molar-refractivity contribution in [3.05, 3.63) is 0 Å². The van der Waals surface area contributed by atoms with Crippen LogP contribution in [0.15, 0.2) is 0 Å². The highest BCUT2D eigenvalue weighted by molar-refractivity contribution is 7.87. The minimum atomic E-state index is -3.53. The Kier molecular flexibility index (Phi) is 4.31. The minimum absolute atomic E-state index is 0.0550. The third-order valence-electron chi connectivity index (χ3n) is 1.55. The molecule has 1 unspecified atom stereocenters. The van der Waals surface area contributed by atoms with E-state index in [2.05, 4.69) is 9.44 Å². The van der Waals surface area contributed by atoms with Crippen LogP contribution in [0.5, 0.6) is 0 Å². The molecule has 0 aliphatic carbocycles. The van der Waals surface area contributed by atoms with Crippen LogP contribution in [0.2, 0.25) is 0 Å². The first kappa shape index (κ1) is 12.3. The smallest absolute Gasteiger partial charge is 0.277 e. The van der Waals surface area contributed by atoms with Gasteiger partial charge in [0.15, 0.2) is 0 Å². The van der Waals surface area contributed by atoms with Gasteiger partial charge in [0, 0.05) is 7.05 Å². The van der Waals surface area contributed by atoms with E-state index in [9.17, 15) is 8.42 Å². The van der Waals surface area contributed by atoms with Crippen LogP contribution >= 0.6 is 0 Å². The third kappa shape index (κ3) is 4.20. The molecule has 0 saturated carbocycles. The molecule has 13 heavy (non-hydrogen) atoms. The van der Waals surface area contributed by atoms with Crippen molar-refractivity contribution in [2.45, 2.75) is 19.9 Å². The fourth-order valence-corrected chi connectivity index (χ4v) is 1.64. The number of hydrogen-bond acceptors (Lipinski definition) is 3. The van der Waals surface area contributed by atoms with Crippen LogP contribution in [0, 0.1) is 11.3 Å². The summed E-state index contributed by atoms with van der Waals surface area (Å²) >= 11 is 0. The van der Waals surface area contributed by atoms with Crippen molar-refractivity contribution in [3.8, 4) is 0 Å². The van der Waals surface area contributed by atoms with Gasteiger partial charge in [-0.2, -0.15) is 13.1 Å².